The van der Waals surface area contributed by atoms with E-state index < -0.39 is 0 Å². The summed E-state index contributed by atoms with van der Waals surface area (Å²) in [7, 11) is 0. The summed E-state index contributed by atoms with van der Waals surface area (Å²) >= 11 is 0. The molecule has 0 unspecified atom stereocenters. The van der Waals surface area contributed by atoms with Gasteiger partial charge in [-0.05, 0) is 6.42 Å². The van der Waals surface area contributed by atoms with Crippen LogP contribution in [0.2, 0.25) is 0 Å². The van der Waals surface area contributed by atoms with Crippen molar-refractivity contribution in [3.05, 3.63) is 25.3 Å². The second kappa shape index (κ2) is 25.2. The molecule has 0 spiro atoms. The first kappa shape index (κ1) is 29.9. The van der Waals surface area contributed by atoms with Crippen molar-refractivity contribution in [2.75, 3.05) is 13.1 Å². The predicted octanol–water partition coefficient (Wildman–Crippen LogP) is 9.40. The molecule has 0 aliphatic rings. The maximum atomic E-state index is 12.1. The normalized spacial score (nSPS) is 10.9. The zero-order valence-corrected chi connectivity index (χ0v) is 21.2. The van der Waals surface area contributed by atoms with Gasteiger partial charge in [0.05, 0.1) is 0 Å². The van der Waals surface area contributed by atoms with E-state index in [4.69, 9.17) is 0 Å². The molecule has 1 amide bonds. The molecule has 0 aromatic heterocycles. The van der Waals surface area contributed by atoms with Gasteiger partial charge < -0.3 is 4.90 Å². The van der Waals surface area contributed by atoms with E-state index in [0.29, 0.717) is 19.5 Å². The Kier molecular flexibility index (Phi) is 24.4. The lowest BCUT2D eigenvalue weighted by Crippen LogP contribution is -2.30. The molecule has 2 heteroatoms. The summed E-state index contributed by atoms with van der Waals surface area (Å²) in [5.74, 6) is 0.238. The van der Waals surface area contributed by atoms with Gasteiger partial charge in [-0.1, -0.05) is 141 Å². The lowest BCUT2D eigenvalue weighted by Gasteiger charge is -2.19. The summed E-state index contributed by atoms with van der Waals surface area (Å²) in [4.78, 5) is 14.0. The highest BCUT2D eigenvalue weighted by atomic mass is 16.2. The van der Waals surface area contributed by atoms with Crippen LogP contribution in [0.25, 0.3) is 0 Å². The summed E-state index contributed by atoms with van der Waals surface area (Å²) in [6.45, 7) is 11.0. The Morgan fingerprint density at radius 2 is 0.839 bits per heavy atom. The van der Waals surface area contributed by atoms with E-state index in [1.165, 1.54) is 122 Å². The largest absolute Gasteiger partial charge is 0.335 e. The van der Waals surface area contributed by atoms with Crippen molar-refractivity contribution in [1.29, 1.82) is 0 Å². The SMILES string of the molecule is C=CCN(CC=C)C(=O)CCCCCCCCCCCCCCCCCCCCCC. The lowest BCUT2D eigenvalue weighted by molar-refractivity contribution is -0.130. The third-order valence-electron chi connectivity index (χ3n) is 6.30. The second-order valence-electron chi connectivity index (χ2n) is 9.34. The number of nitrogens with zero attached hydrogens (tertiary/aromatic N) is 1. The highest BCUT2D eigenvalue weighted by Gasteiger charge is 2.09. The minimum absolute atomic E-state index is 0.238. The van der Waals surface area contributed by atoms with Gasteiger partial charge in [0, 0.05) is 19.5 Å². The van der Waals surface area contributed by atoms with Crippen LogP contribution in [0.15, 0.2) is 25.3 Å². The molecule has 0 heterocycles. The number of hydrogen-bond donors (Lipinski definition) is 0. The Morgan fingerprint density at radius 3 is 1.13 bits per heavy atom. The molecule has 0 saturated carbocycles. The molecule has 0 aromatic rings. The molecule has 0 radical (unpaired) electrons. The molecular weight excluding hydrogens is 378 g/mol. The molecule has 0 atom stereocenters. The zero-order valence-electron chi connectivity index (χ0n) is 21.2. The Balaban J connectivity index is 3.24. The van der Waals surface area contributed by atoms with E-state index >= 15 is 0 Å². The highest BCUT2D eigenvalue weighted by molar-refractivity contribution is 5.76. The van der Waals surface area contributed by atoms with Gasteiger partial charge >= 0.3 is 0 Å². The van der Waals surface area contributed by atoms with Crippen molar-refractivity contribution in [2.45, 2.75) is 142 Å². The first-order valence-corrected chi connectivity index (χ1v) is 13.8. The fourth-order valence-corrected chi connectivity index (χ4v) is 4.28. The number of amides is 1. The van der Waals surface area contributed by atoms with Crippen molar-refractivity contribution in [3.8, 4) is 0 Å². The smallest absolute Gasteiger partial charge is 0.223 e. The van der Waals surface area contributed by atoms with Crippen LogP contribution >= 0.6 is 0 Å². The average Bonchev–Trinajstić information content (AvgIpc) is 2.77. The standard InChI is InChI=1S/C29H55NO/c1-4-7-8-9-10-11-12-13-14-15-16-17-18-19-20-21-22-23-24-25-26-29(31)30(27-5-2)28-6-3/h5-6H,2-4,7-28H2,1H3. The molecule has 0 fully saturated rings. The summed E-state index contributed by atoms with van der Waals surface area (Å²) in [6, 6.07) is 0. The van der Waals surface area contributed by atoms with Crippen molar-refractivity contribution in [2.24, 2.45) is 0 Å². The van der Waals surface area contributed by atoms with Gasteiger partial charge in [0.2, 0.25) is 5.91 Å². The molecule has 0 aliphatic heterocycles. The monoisotopic (exact) mass is 433 g/mol. The first-order valence-electron chi connectivity index (χ1n) is 13.8. The van der Waals surface area contributed by atoms with Crippen LogP contribution in [0.4, 0.5) is 0 Å². The van der Waals surface area contributed by atoms with Crippen LogP contribution in [-0.2, 0) is 4.79 Å². The van der Waals surface area contributed by atoms with Crippen LogP contribution in [-0.4, -0.2) is 23.9 Å². The number of hydrogen-bond acceptors (Lipinski definition) is 1. The number of carbonyl (C=O) groups excluding carboxylic acids is 1. The van der Waals surface area contributed by atoms with E-state index in [-0.39, 0.29) is 5.91 Å². The first-order chi connectivity index (χ1) is 15.3. The molecule has 0 aromatic carbocycles. The Labute approximate surface area is 195 Å². The molecule has 0 rings (SSSR count). The number of rotatable bonds is 25. The number of unbranched alkanes of at least 4 members (excludes halogenated alkanes) is 19. The predicted molar refractivity (Wildman–Crippen MR) is 140 cm³/mol. The van der Waals surface area contributed by atoms with Crippen LogP contribution in [0, 0.1) is 0 Å². The fraction of sp³-hybridized carbons (Fsp3) is 0.828. The van der Waals surface area contributed by atoms with Crippen molar-refractivity contribution in [1.82, 2.24) is 4.90 Å². The second-order valence-corrected chi connectivity index (χ2v) is 9.34. The Hall–Kier alpha value is -1.05. The highest BCUT2D eigenvalue weighted by Crippen LogP contribution is 2.15. The molecule has 0 bridgehead atoms. The third-order valence-corrected chi connectivity index (χ3v) is 6.30. The van der Waals surface area contributed by atoms with Crippen LogP contribution in [0.1, 0.15) is 142 Å². The van der Waals surface area contributed by atoms with Crippen LogP contribution < -0.4 is 0 Å². The van der Waals surface area contributed by atoms with Gasteiger partial charge in [0.25, 0.3) is 0 Å². The number of carbonyl (C=O) groups is 1. The quantitative estimate of drug-likeness (QED) is 0.104. The molecule has 0 saturated heterocycles. The van der Waals surface area contributed by atoms with Gasteiger partial charge in [-0.25, -0.2) is 0 Å². The van der Waals surface area contributed by atoms with E-state index in [0.717, 1.165) is 6.42 Å². The summed E-state index contributed by atoms with van der Waals surface area (Å²) in [5, 5.41) is 0. The van der Waals surface area contributed by atoms with E-state index in [2.05, 4.69) is 20.1 Å². The van der Waals surface area contributed by atoms with Crippen molar-refractivity contribution < 1.29 is 4.79 Å². The molecule has 31 heavy (non-hydrogen) atoms. The van der Waals surface area contributed by atoms with Gasteiger partial charge in [-0.15, -0.1) is 13.2 Å². The molecule has 182 valence electrons. The van der Waals surface area contributed by atoms with E-state index in [1.54, 1.807) is 12.2 Å². The van der Waals surface area contributed by atoms with E-state index in [9.17, 15) is 4.79 Å². The summed E-state index contributed by atoms with van der Waals surface area (Å²) < 4.78 is 0. The minimum atomic E-state index is 0.238. The summed E-state index contributed by atoms with van der Waals surface area (Å²) in [6.07, 6.45) is 32.0. The minimum Gasteiger partial charge on any atom is -0.335 e. The molecule has 0 N–H and O–H groups in total. The fourth-order valence-electron chi connectivity index (χ4n) is 4.28. The Bertz CT molecular complexity index is 394. The van der Waals surface area contributed by atoms with Crippen molar-refractivity contribution in [3.63, 3.8) is 0 Å². The maximum Gasteiger partial charge on any atom is 0.223 e. The summed E-state index contributed by atoms with van der Waals surface area (Å²) in [5.41, 5.74) is 0. The van der Waals surface area contributed by atoms with Crippen LogP contribution in [0.3, 0.4) is 0 Å². The van der Waals surface area contributed by atoms with Gasteiger partial charge in [0.1, 0.15) is 0 Å². The van der Waals surface area contributed by atoms with Crippen molar-refractivity contribution >= 4 is 5.91 Å². The maximum absolute atomic E-state index is 12.1. The topological polar surface area (TPSA) is 20.3 Å². The van der Waals surface area contributed by atoms with Crippen LogP contribution in [0.5, 0.6) is 0 Å². The Morgan fingerprint density at radius 1 is 0.548 bits per heavy atom. The molecule has 0 aliphatic carbocycles. The van der Waals surface area contributed by atoms with E-state index in [1.807, 2.05) is 4.90 Å². The average molecular weight is 434 g/mol. The van der Waals surface area contributed by atoms with Gasteiger partial charge in [0.15, 0.2) is 0 Å². The molecular formula is C29H55NO. The lowest BCUT2D eigenvalue weighted by atomic mass is 10.0. The van der Waals surface area contributed by atoms with Gasteiger partial charge in [-0.2, -0.15) is 0 Å². The zero-order chi connectivity index (χ0) is 22.8. The third kappa shape index (κ3) is 22.0. The van der Waals surface area contributed by atoms with Gasteiger partial charge in [-0.3, -0.25) is 4.79 Å². The molecule has 2 nitrogen and oxygen atoms in total.